The van der Waals surface area contributed by atoms with Crippen LogP contribution in [0, 0.1) is 6.92 Å². The summed E-state index contributed by atoms with van der Waals surface area (Å²) in [6.07, 6.45) is 0. The maximum Gasteiger partial charge on any atom is 0.170 e. The van der Waals surface area contributed by atoms with E-state index in [1.165, 1.54) is 11.1 Å². The van der Waals surface area contributed by atoms with Crippen LogP contribution in [0.5, 0.6) is 0 Å². The molecule has 0 aromatic heterocycles. The summed E-state index contributed by atoms with van der Waals surface area (Å²) in [5.41, 5.74) is 3.74. The van der Waals surface area contributed by atoms with Gasteiger partial charge in [0.05, 0.1) is 0 Å². The highest BCUT2D eigenvalue weighted by molar-refractivity contribution is 7.80. The van der Waals surface area contributed by atoms with E-state index in [9.17, 15) is 0 Å². The normalized spacial score (nSPS) is 10.8. The molecule has 0 aliphatic heterocycles. The molecular weight excluding hydrogens is 228 g/mol. The van der Waals surface area contributed by atoms with Gasteiger partial charge in [-0.1, -0.05) is 19.9 Å². The van der Waals surface area contributed by atoms with Gasteiger partial charge in [0, 0.05) is 11.7 Å². The second-order valence-corrected chi connectivity index (χ2v) is 5.39. The predicted octanol–water partition coefficient (Wildman–Crippen LogP) is 3.81. The Morgan fingerprint density at radius 1 is 1.18 bits per heavy atom. The Morgan fingerprint density at radius 2 is 1.82 bits per heavy atom. The predicted molar refractivity (Wildman–Crippen MR) is 79.8 cm³/mol. The topological polar surface area (TPSA) is 24.1 Å². The van der Waals surface area contributed by atoms with Gasteiger partial charge in [0.2, 0.25) is 0 Å². The Bertz CT molecular complexity index is 397. The highest BCUT2D eigenvalue weighted by atomic mass is 32.1. The quantitative estimate of drug-likeness (QED) is 0.798. The zero-order chi connectivity index (χ0) is 13.0. The minimum Gasteiger partial charge on any atom is -0.360 e. The van der Waals surface area contributed by atoms with Gasteiger partial charge in [-0.05, 0) is 62.2 Å². The molecule has 1 rings (SSSR count). The molecule has 1 aromatic rings. The van der Waals surface area contributed by atoms with E-state index in [4.69, 9.17) is 12.2 Å². The number of anilines is 1. The maximum absolute atomic E-state index is 5.22. The van der Waals surface area contributed by atoms with Crippen molar-refractivity contribution in [3.8, 4) is 0 Å². The van der Waals surface area contributed by atoms with Crippen molar-refractivity contribution in [1.29, 1.82) is 0 Å². The first-order valence-electron chi connectivity index (χ1n) is 6.08. The Labute approximate surface area is 110 Å². The fourth-order valence-corrected chi connectivity index (χ4v) is 2.18. The van der Waals surface area contributed by atoms with Crippen LogP contribution in [0.2, 0.25) is 0 Å². The van der Waals surface area contributed by atoms with E-state index in [0.717, 1.165) is 5.69 Å². The van der Waals surface area contributed by atoms with Gasteiger partial charge in [-0.15, -0.1) is 0 Å². The monoisotopic (exact) mass is 250 g/mol. The smallest absolute Gasteiger partial charge is 0.170 e. The molecule has 94 valence electrons. The van der Waals surface area contributed by atoms with E-state index in [0.29, 0.717) is 17.1 Å². The lowest BCUT2D eigenvalue weighted by atomic mass is 9.98. The number of hydrogen-bond acceptors (Lipinski definition) is 1. The highest BCUT2D eigenvalue weighted by Gasteiger charge is 2.05. The van der Waals surface area contributed by atoms with E-state index < -0.39 is 0 Å². The van der Waals surface area contributed by atoms with Gasteiger partial charge in [0.25, 0.3) is 0 Å². The number of benzene rings is 1. The zero-order valence-electron chi connectivity index (χ0n) is 11.3. The van der Waals surface area contributed by atoms with Crippen LogP contribution < -0.4 is 10.6 Å². The van der Waals surface area contributed by atoms with Gasteiger partial charge in [0.15, 0.2) is 5.11 Å². The van der Waals surface area contributed by atoms with E-state index in [1.54, 1.807) is 0 Å². The van der Waals surface area contributed by atoms with Crippen LogP contribution in [0.3, 0.4) is 0 Å². The van der Waals surface area contributed by atoms with Crippen molar-refractivity contribution in [2.24, 2.45) is 0 Å². The fraction of sp³-hybridized carbons (Fsp3) is 0.500. The van der Waals surface area contributed by atoms with Crippen molar-refractivity contribution in [2.45, 2.75) is 46.6 Å². The summed E-state index contributed by atoms with van der Waals surface area (Å²) in [5, 5.41) is 7.05. The van der Waals surface area contributed by atoms with Crippen molar-refractivity contribution < 1.29 is 0 Å². The standard InChI is InChI=1S/C14H22N2S/c1-9(2)13-7-6-12(8-11(13)5)16-14(17)15-10(3)4/h6-10H,1-5H3,(H2,15,16,17). The van der Waals surface area contributed by atoms with E-state index in [1.807, 2.05) is 0 Å². The summed E-state index contributed by atoms with van der Waals surface area (Å²) in [5.74, 6) is 0.560. The molecule has 0 aliphatic carbocycles. The summed E-state index contributed by atoms with van der Waals surface area (Å²) in [6, 6.07) is 6.74. The summed E-state index contributed by atoms with van der Waals surface area (Å²) in [6.45, 7) is 10.7. The van der Waals surface area contributed by atoms with Crippen LogP contribution >= 0.6 is 12.2 Å². The third-order valence-corrected chi connectivity index (χ3v) is 2.79. The summed E-state index contributed by atoms with van der Waals surface area (Å²) >= 11 is 5.22. The lowest BCUT2D eigenvalue weighted by molar-refractivity contribution is 0.739. The molecule has 17 heavy (non-hydrogen) atoms. The number of hydrogen-bond donors (Lipinski definition) is 2. The molecule has 0 fully saturated rings. The largest absolute Gasteiger partial charge is 0.360 e. The van der Waals surface area contributed by atoms with Gasteiger partial charge in [0.1, 0.15) is 0 Å². The molecule has 1 aromatic carbocycles. The van der Waals surface area contributed by atoms with Crippen molar-refractivity contribution in [3.63, 3.8) is 0 Å². The first kappa shape index (κ1) is 14.0. The number of thiocarbonyl (C=S) groups is 1. The molecule has 0 radical (unpaired) electrons. The molecular formula is C14H22N2S. The van der Waals surface area contributed by atoms with Crippen LogP contribution in [-0.2, 0) is 0 Å². The maximum atomic E-state index is 5.22. The molecule has 2 nitrogen and oxygen atoms in total. The lowest BCUT2D eigenvalue weighted by Gasteiger charge is -2.15. The van der Waals surface area contributed by atoms with Crippen molar-refractivity contribution in [3.05, 3.63) is 29.3 Å². The van der Waals surface area contributed by atoms with Crippen LogP contribution in [0.1, 0.15) is 44.7 Å². The van der Waals surface area contributed by atoms with Crippen LogP contribution in [0.4, 0.5) is 5.69 Å². The minimum atomic E-state index is 0.353. The SMILES string of the molecule is Cc1cc(NC(=S)NC(C)C)ccc1C(C)C. The first-order valence-corrected chi connectivity index (χ1v) is 6.49. The average Bonchev–Trinajstić information content (AvgIpc) is 2.15. The molecule has 0 unspecified atom stereocenters. The average molecular weight is 250 g/mol. The lowest BCUT2D eigenvalue weighted by Crippen LogP contribution is -2.33. The van der Waals surface area contributed by atoms with Crippen molar-refractivity contribution in [1.82, 2.24) is 5.32 Å². The number of aryl methyl sites for hydroxylation is 1. The van der Waals surface area contributed by atoms with Crippen LogP contribution in [0.25, 0.3) is 0 Å². The van der Waals surface area contributed by atoms with Gasteiger partial charge in [-0.3, -0.25) is 0 Å². The second kappa shape index (κ2) is 6.01. The Morgan fingerprint density at radius 3 is 2.29 bits per heavy atom. The third kappa shape index (κ3) is 4.35. The molecule has 2 N–H and O–H groups in total. The molecule has 0 saturated carbocycles. The van der Waals surface area contributed by atoms with E-state index >= 15 is 0 Å². The number of nitrogens with one attached hydrogen (secondary N) is 2. The molecule has 0 saturated heterocycles. The molecule has 0 atom stereocenters. The molecule has 3 heteroatoms. The van der Waals surface area contributed by atoms with E-state index in [-0.39, 0.29) is 0 Å². The zero-order valence-corrected chi connectivity index (χ0v) is 12.1. The summed E-state index contributed by atoms with van der Waals surface area (Å²) < 4.78 is 0. The Balaban J connectivity index is 2.74. The summed E-state index contributed by atoms with van der Waals surface area (Å²) in [7, 11) is 0. The third-order valence-electron chi connectivity index (χ3n) is 2.57. The Kier molecular flexibility index (Phi) is 4.94. The van der Waals surface area contributed by atoms with Gasteiger partial charge >= 0.3 is 0 Å². The molecule has 0 amide bonds. The van der Waals surface area contributed by atoms with Crippen LogP contribution in [0.15, 0.2) is 18.2 Å². The second-order valence-electron chi connectivity index (χ2n) is 4.98. The van der Waals surface area contributed by atoms with E-state index in [2.05, 4.69) is 63.5 Å². The van der Waals surface area contributed by atoms with Gasteiger partial charge in [-0.2, -0.15) is 0 Å². The van der Waals surface area contributed by atoms with Crippen molar-refractivity contribution in [2.75, 3.05) is 5.32 Å². The molecule has 0 spiro atoms. The fourth-order valence-electron chi connectivity index (χ4n) is 1.83. The molecule has 0 aliphatic rings. The van der Waals surface area contributed by atoms with Crippen molar-refractivity contribution >= 4 is 23.0 Å². The van der Waals surface area contributed by atoms with Crippen LogP contribution in [-0.4, -0.2) is 11.2 Å². The first-order chi connectivity index (χ1) is 7.90. The molecule has 0 bridgehead atoms. The summed E-state index contributed by atoms with van der Waals surface area (Å²) in [4.78, 5) is 0. The highest BCUT2D eigenvalue weighted by Crippen LogP contribution is 2.22. The van der Waals surface area contributed by atoms with Gasteiger partial charge < -0.3 is 10.6 Å². The number of rotatable bonds is 3. The van der Waals surface area contributed by atoms with Gasteiger partial charge in [-0.25, -0.2) is 0 Å². The Hall–Kier alpha value is -1.09. The molecule has 0 heterocycles. The minimum absolute atomic E-state index is 0.353.